The van der Waals surface area contributed by atoms with Gasteiger partial charge in [-0.2, -0.15) is 0 Å². The lowest BCUT2D eigenvalue weighted by atomic mass is 10.1. The molecule has 1 aromatic heterocycles. The van der Waals surface area contributed by atoms with E-state index in [0.29, 0.717) is 27.3 Å². The summed E-state index contributed by atoms with van der Waals surface area (Å²) in [4.78, 5) is 23.7. The Bertz CT molecular complexity index is 776. The number of methoxy groups -OCH3 is 1. The first-order chi connectivity index (χ1) is 12.0. The predicted molar refractivity (Wildman–Crippen MR) is 100 cm³/mol. The molecule has 1 heterocycles. The van der Waals surface area contributed by atoms with Crippen LogP contribution < -0.4 is 10.6 Å². The van der Waals surface area contributed by atoms with Gasteiger partial charge < -0.3 is 15.4 Å². The van der Waals surface area contributed by atoms with Crippen LogP contribution in [-0.4, -0.2) is 41.5 Å². The lowest BCUT2D eigenvalue weighted by Gasteiger charge is -2.09. The number of hydrogen-bond acceptors (Lipinski definition) is 8. The summed E-state index contributed by atoms with van der Waals surface area (Å²) in [5.74, 6) is -0.443. The number of carbonyl (C=O) groups excluding carboxylic acids is 2. The third-order valence-corrected chi connectivity index (χ3v) is 5.08. The topological polar surface area (TPSA) is 93.2 Å². The van der Waals surface area contributed by atoms with Crippen molar-refractivity contribution in [3.8, 4) is 0 Å². The Morgan fingerprint density at radius 1 is 1.40 bits per heavy atom. The van der Waals surface area contributed by atoms with Crippen LogP contribution in [0.15, 0.2) is 35.2 Å². The Morgan fingerprint density at radius 3 is 2.92 bits per heavy atom. The fourth-order valence-electron chi connectivity index (χ4n) is 1.81. The molecule has 0 saturated carbocycles. The number of hydrogen-bond donors (Lipinski definition) is 2. The number of benzene rings is 1. The van der Waals surface area contributed by atoms with Crippen molar-refractivity contribution in [2.75, 3.05) is 30.0 Å². The van der Waals surface area contributed by atoms with Crippen molar-refractivity contribution < 1.29 is 14.3 Å². The van der Waals surface area contributed by atoms with Crippen LogP contribution in [0.4, 0.5) is 10.8 Å². The standard InChI is InChI=1S/C16H18N4O3S2/c1-4-7-17-15-19-20-16(25-15)24-9-13(21)18-12-8-11(14(22)23-3)6-5-10(12)2/h4-6,8H,1,7,9H2,2-3H3,(H,17,19)(H,18,21). The molecule has 2 rings (SSSR count). The first kappa shape index (κ1) is 18.9. The summed E-state index contributed by atoms with van der Waals surface area (Å²) in [6.45, 7) is 6.08. The van der Waals surface area contributed by atoms with Crippen molar-refractivity contribution in [2.24, 2.45) is 0 Å². The first-order valence-electron chi connectivity index (χ1n) is 7.33. The van der Waals surface area contributed by atoms with Gasteiger partial charge in [0.05, 0.1) is 18.4 Å². The summed E-state index contributed by atoms with van der Waals surface area (Å²) in [5.41, 5.74) is 1.83. The van der Waals surface area contributed by atoms with Crippen LogP contribution in [-0.2, 0) is 9.53 Å². The van der Waals surface area contributed by atoms with Crippen LogP contribution in [0, 0.1) is 6.92 Å². The normalized spacial score (nSPS) is 10.2. The van der Waals surface area contributed by atoms with Crippen LogP contribution >= 0.6 is 23.1 Å². The summed E-state index contributed by atoms with van der Waals surface area (Å²) >= 11 is 2.67. The zero-order chi connectivity index (χ0) is 18.2. The van der Waals surface area contributed by atoms with Crippen molar-refractivity contribution in [1.82, 2.24) is 10.2 Å². The largest absolute Gasteiger partial charge is 0.465 e. The maximum Gasteiger partial charge on any atom is 0.337 e. The Balaban J connectivity index is 1.92. The lowest BCUT2D eigenvalue weighted by molar-refractivity contribution is -0.113. The predicted octanol–water partition coefficient (Wildman–Crippen LogP) is 2.96. The molecule has 1 amide bonds. The number of ether oxygens (including phenoxy) is 1. The molecule has 0 fully saturated rings. The fourth-order valence-corrected chi connectivity index (χ4v) is 3.37. The quantitative estimate of drug-likeness (QED) is 0.414. The average Bonchev–Trinajstić information content (AvgIpc) is 3.07. The second-order valence-corrected chi connectivity index (χ2v) is 7.10. The molecule has 0 aliphatic heterocycles. The zero-order valence-corrected chi connectivity index (χ0v) is 15.5. The van der Waals surface area contributed by atoms with E-state index in [0.717, 1.165) is 5.56 Å². The molecular weight excluding hydrogens is 360 g/mol. The molecule has 0 spiro atoms. The van der Waals surface area contributed by atoms with Crippen molar-refractivity contribution in [3.05, 3.63) is 42.0 Å². The third kappa shape index (κ3) is 5.57. The molecule has 0 saturated heterocycles. The number of carbonyl (C=O) groups is 2. The SMILES string of the molecule is C=CCNc1nnc(SCC(=O)Nc2cc(C(=O)OC)ccc2C)s1. The summed E-state index contributed by atoms with van der Waals surface area (Å²) in [6.07, 6.45) is 1.73. The van der Waals surface area contributed by atoms with Gasteiger partial charge in [-0.1, -0.05) is 35.2 Å². The van der Waals surface area contributed by atoms with E-state index in [1.165, 1.54) is 30.2 Å². The van der Waals surface area contributed by atoms with Gasteiger partial charge in [0.15, 0.2) is 4.34 Å². The molecule has 0 aliphatic rings. The highest BCUT2D eigenvalue weighted by atomic mass is 32.2. The Morgan fingerprint density at radius 2 is 2.20 bits per heavy atom. The number of thioether (sulfide) groups is 1. The van der Waals surface area contributed by atoms with Gasteiger partial charge in [-0.25, -0.2) is 4.79 Å². The minimum absolute atomic E-state index is 0.189. The molecule has 1 aromatic carbocycles. The van der Waals surface area contributed by atoms with Crippen LogP contribution in [0.1, 0.15) is 15.9 Å². The number of anilines is 2. The number of nitrogens with zero attached hydrogens (tertiary/aromatic N) is 2. The van der Waals surface area contributed by atoms with Gasteiger partial charge in [-0.05, 0) is 24.6 Å². The Kier molecular flexibility index (Phi) is 6.96. The van der Waals surface area contributed by atoms with Crippen molar-refractivity contribution in [1.29, 1.82) is 0 Å². The zero-order valence-electron chi connectivity index (χ0n) is 13.9. The van der Waals surface area contributed by atoms with E-state index in [1.807, 2.05) is 6.92 Å². The van der Waals surface area contributed by atoms with Gasteiger partial charge in [0.1, 0.15) is 0 Å². The number of rotatable bonds is 8. The molecule has 0 atom stereocenters. The molecule has 132 valence electrons. The van der Waals surface area contributed by atoms with Gasteiger partial charge in [0.2, 0.25) is 11.0 Å². The lowest BCUT2D eigenvalue weighted by Crippen LogP contribution is -2.15. The molecule has 0 radical (unpaired) electrons. The minimum atomic E-state index is -0.446. The maximum absolute atomic E-state index is 12.1. The highest BCUT2D eigenvalue weighted by molar-refractivity contribution is 8.01. The van der Waals surface area contributed by atoms with Gasteiger partial charge >= 0.3 is 5.97 Å². The summed E-state index contributed by atoms with van der Waals surface area (Å²) in [6, 6.07) is 5.02. The third-order valence-electron chi connectivity index (χ3n) is 3.06. The number of aryl methyl sites for hydroxylation is 1. The average molecular weight is 378 g/mol. The van der Waals surface area contributed by atoms with E-state index < -0.39 is 5.97 Å². The second kappa shape index (κ2) is 9.19. The molecular formula is C16H18N4O3S2. The summed E-state index contributed by atoms with van der Waals surface area (Å²) in [5, 5.41) is 14.5. The minimum Gasteiger partial charge on any atom is -0.465 e. The van der Waals surface area contributed by atoms with Crippen molar-refractivity contribution in [2.45, 2.75) is 11.3 Å². The highest BCUT2D eigenvalue weighted by Crippen LogP contribution is 2.25. The van der Waals surface area contributed by atoms with Gasteiger partial charge in [0, 0.05) is 12.2 Å². The van der Waals surface area contributed by atoms with Crippen LogP contribution in [0.5, 0.6) is 0 Å². The Labute approximate surface area is 153 Å². The number of aromatic nitrogens is 2. The van der Waals surface area contributed by atoms with Crippen LogP contribution in [0.25, 0.3) is 0 Å². The van der Waals surface area contributed by atoms with Crippen LogP contribution in [0.2, 0.25) is 0 Å². The van der Waals surface area contributed by atoms with Crippen LogP contribution in [0.3, 0.4) is 0 Å². The molecule has 7 nitrogen and oxygen atoms in total. The van der Waals surface area contributed by atoms with Crippen molar-refractivity contribution >= 4 is 45.8 Å². The molecule has 25 heavy (non-hydrogen) atoms. The molecule has 2 aromatic rings. The highest BCUT2D eigenvalue weighted by Gasteiger charge is 2.12. The fraction of sp³-hybridized carbons (Fsp3) is 0.250. The number of esters is 1. The summed E-state index contributed by atoms with van der Waals surface area (Å²) < 4.78 is 5.39. The first-order valence-corrected chi connectivity index (χ1v) is 9.13. The maximum atomic E-state index is 12.1. The van der Waals surface area contributed by atoms with Crippen molar-refractivity contribution in [3.63, 3.8) is 0 Å². The monoisotopic (exact) mass is 378 g/mol. The van der Waals surface area contributed by atoms with E-state index in [1.54, 1.807) is 24.3 Å². The van der Waals surface area contributed by atoms with E-state index in [2.05, 4.69) is 27.4 Å². The van der Waals surface area contributed by atoms with Gasteiger partial charge in [0.25, 0.3) is 0 Å². The Hall–Kier alpha value is -2.39. The molecule has 0 bridgehead atoms. The smallest absolute Gasteiger partial charge is 0.337 e. The molecule has 0 unspecified atom stereocenters. The molecule has 0 aliphatic carbocycles. The van der Waals surface area contributed by atoms with E-state index in [4.69, 9.17) is 4.74 Å². The van der Waals surface area contributed by atoms with Gasteiger partial charge in [-0.15, -0.1) is 16.8 Å². The number of amides is 1. The second-order valence-electron chi connectivity index (χ2n) is 4.90. The van der Waals surface area contributed by atoms with Gasteiger partial charge in [-0.3, -0.25) is 4.79 Å². The summed E-state index contributed by atoms with van der Waals surface area (Å²) in [7, 11) is 1.32. The van der Waals surface area contributed by atoms with E-state index in [9.17, 15) is 9.59 Å². The van der Waals surface area contributed by atoms with E-state index in [-0.39, 0.29) is 11.7 Å². The molecule has 9 heteroatoms. The molecule has 2 N–H and O–H groups in total. The van der Waals surface area contributed by atoms with E-state index >= 15 is 0 Å². The number of nitrogens with one attached hydrogen (secondary N) is 2.